The van der Waals surface area contributed by atoms with E-state index in [2.05, 4.69) is 76.7 Å². The number of hydrogen-bond acceptors (Lipinski definition) is 4. The van der Waals surface area contributed by atoms with E-state index in [0.29, 0.717) is 13.2 Å². The summed E-state index contributed by atoms with van der Waals surface area (Å²) in [6, 6.07) is 31.0. The van der Waals surface area contributed by atoms with E-state index >= 15 is 0 Å². The summed E-state index contributed by atoms with van der Waals surface area (Å²) in [5.74, 6) is 0. The molecule has 33 heavy (non-hydrogen) atoms. The number of nitrogens with zero attached hydrogens (tertiary/aromatic N) is 2. The Labute approximate surface area is 197 Å². The second-order valence-corrected chi connectivity index (χ2v) is 8.60. The molecule has 1 N–H and O–H groups in total. The van der Waals surface area contributed by atoms with E-state index < -0.39 is 6.10 Å². The molecule has 0 bridgehead atoms. The van der Waals surface area contributed by atoms with Crippen LogP contribution in [0.15, 0.2) is 103 Å². The third-order valence-electron chi connectivity index (χ3n) is 6.05. The number of hydrogen-bond donors (Lipinski definition) is 1. The maximum absolute atomic E-state index is 10.7. The lowest BCUT2D eigenvalue weighted by Crippen LogP contribution is -2.47. The number of piperazine rings is 1. The SMILES string of the molecule is OC(COC(c1ccccc1)c1ccccc1)CN1CCN(C=CCc2ccccc2)CC1. The zero-order valence-electron chi connectivity index (χ0n) is 19.2. The van der Waals surface area contributed by atoms with Crippen LogP contribution in [-0.2, 0) is 11.2 Å². The molecule has 0 spiro atoms. The van der Waals surface area contributed by atoms with Gasteiger partial charge in [0.15, 0.2) is 0 Å². The molecule has 4 rings (SSSR count). The monoisotopic (exact) mass is 442 g/mol. The Morgan fingerprint density at radius 2 is 1.30 bits per heavy atom. The van der Waals surface area contributed by atoms with Gasteiger partial charge in [-0.25, -0.2) is 0 Å². The molecule has 1 heterocycles. The normalized spacial score (nSPS) is 15.9. The lowest BCUT2D eigenvalue weighted by atomic mass is 10.0. The minimum Gasteiger partial charge on any atom is -0.389 e. The van der Waals surface area contributed by atoms with E-state index in [0.717, 1.165) is 43.7 Å². The van der Waals surface area contributed by atoms with Crippen LogP contribution in [0.5, 0.6) is 0 Å². The van der Waals surface area contributed by atoms with Crippen molar-refractivity contribution in [1.29, 1.82) is 0 Å². The molecule has 4 nitrogen and oxygen atoms in total. The van der Waals surface area contributed by atoms with Gasteiger partial charge in [0.25, 0.3) is 0 Å². The first-order chi connectivity index (χ1) is 16.3. The van der Waals surface area contributed by atoms with Gasteiger partial charge in [-0.05, 0) is 29.3 Å². The standard InChI is InChI=1S/C29H34N2O2/c32-28(24-33-29(26-14-6-2-7-15-26)27-16-8-3-9-17-27)23-31-21-19-30(20-22-31)18-10-13-25-11-4-1-5-12-25/h1-12,14-18,28-29,32H,13,19-24H2. The van der Waals surface area contributed by atoms with Gasteiger partial charge in [-0.3, -0.25) is 4.90 Å². The van der Waals surface area contributed by atoms with Gasteiger partial charge in [-0.15, -0.1) is 0 Å². The van der Waals surface area contributed by atoms with Gasteiger partial charge in [-0.1, -0.05) is 97.1 Å². The fraction of sp³-hybridized carbons (Fsp3) is 0.310. The van der Waals surface area contributed by atoms with E-state index in [4.69, 9.17) is 4.74 Å². The van der Waals surface area contributed by atoms with Gasteiger partial charge in [0, 0.05) is 32.7 Å². The van der Waals surface area contributed by atoms with Crippen molar-refractivity contribution in [2.24, 2.45) is 0 Å². The fourth-order valence-corrected chi connectivity index (χ4v) is 4.25. The summed E-state index contributed by atoms with van der Waals surface area (Å²) in [4.78, 5) is 4.69. The van der Waals surface area contributed by atoms with Crippen molar-refractivity contribution in [2.45, 2.75) is 18.6 Å². The zero-order valence-corrected chi connectivity index (χ0v) is 19.2. The first-order valence-corrected chi connectivity index (χ1v) is 11.8. The van der Waals surface area contributed by atoms with Crippen LogP contribution < -0.4 is 0 Å². The average Bonchev–Trinajstić information content (AvgIpc) is 2.87. The van der Waals surface area contributed by atoms with Gasteiger partial charge >= 0.3 is 0 Å². The summed E-state index contributed by atoms with van der Waals surface area (Å²) in [5, 5.41) is 10.7. The summed E-state index contributed by atoms with van der Waals surface area (Å²) in [6.45, 7) is 4.82. The molecular formula is C29H34N2O2. The predicted octanol–water partition coefficient (Wildman–Crippen LogP) is 4.53. The van der Waals surface area contributed by atoms with Crippen LogP contribution in [-0.4, -0.2) is 60.3 Å². The molecule has 3 aromatic carbocycles. The second kappa shape index (κ2) is 12.4. The highest BCUT2D eigenvalue weighted by molar-refractivity contribution is 5.29. The first-order valence-electron chi connectivity index (χ1n) is 11.8. The first kappa shape index (κ1) is 23.2. The van der Waals surface area contributed by atoms with Crippen molar-refractivity contribution >= 4 is 0 Å². The predicted molar refractivity (Wildman–Crippen MR) is 134 cm³/mol. The van der Waals surface area contributed by atoms with Gasteiger partial charge in [0.05, 0.1) is 12.7 Å². The molecule has 1 atom stereocenters. The molecule has 0 aromatic heterocycles. The van der Waals surface area contributed by atoms with Crippen molar-refractivity contribution in [3.05, 3.63) is 120 Å². The smallest absolute Gasteiger partial charge is 0.108 e. The van der Waals surface area contributed by atoms with Crippen molar-refractivity contribution in [2.75, 3.05) is 39.3 Å². The highest BCUT2D eigenvalue weighted by Crippen LogP contribution is 2.26. The summed E-state index contributed by atoms with van der Waals surface area (Å²) < 4.78 is 6.24. The third kappa shape index (κ3) is 7.29. The minimum absolute atomic E-state index is 0.173. The van der Waals surface area contributed by atoms with Crippen LogP contribution >= 0.6 is 0 Å². The van der Waals surface area contributed by atoms with E-state index in [-0.39, 0.29) is 6.10 Å². The highest BCUT2D eigenvalue weighted by atomic mass is 16.5. The molecule has 0 amide bonds. The Morgan fingerprint density at radius 1 is 0.758 bits per heavy atom. The molecule has 3 aromatic rings. The molecular weight excluding hydrogens is 408 g/mol. The Bertz CT molecular complexity index is 915. The fourth-order valence-electron chi connectivity index (χ4n) is 4.25. The molecule has 0 saturated carbocycles. The van der Waals surface area contributed by atoms with Gasteiger partial charge < -0.3 is 14.7 Å². The molecule has 1 saturated heterocycles. The summed E-state index contributed by atoms with van der Waals surface area (Å²) >= 11 is 0. The van der Waals surface area contributed by atoms with Gasteiger partial charge in [-0.2, -0.15) is 0 Å². The van der Waals surface area contributed by atoms with Crippen molar-refractivity contribution in [3.63, 3.8) is 0 Å². The number of benzene rings is 3. The summed E-state index contributed by atoms with van der Waals surface area (Å²) in [5.41, 5.74) is 3.54. The number of allylic oxidation sites excluding steroid dienone is 1. The van der Waals surface area contributed by atoms with E-state index in [1.807, 2.05) is 36.4 Å². The Kier molecular flexibility index (Phi) is 8.70. The minimum atomic E-state index is -0.514. The lowest BCUT2D eigenvalue weighted by Gasteiger charge is -2.35. The summed E-state index contributed by atoms with van der Waals surface area (Å²) in [7, 11) is 0. The van der Waals surface area contributed by atoms with Gasteiger partial charge in [0.1, 0.15) is 6.10 Å². The van der Waals surface area contributed by atoms with Gasteiger partial charge in [0.2, 0.25) is 0 Å². The Balaban J connectivity index is 1.22. The zero-order chi connectivity index (χ0) is 22.7. The molecule has 0 aliphatic carbocycles. The van der Waals surface area contributed by atoms with Crippen LogP contribution in [0.1, 0.15) is 22.8 Å². The van der Waals surface area contributed by atoms with Crippen LogP contribution in [0.2, 0.25) is 0 Å². The molecule has 172 valence electrons. The van der Waals surface area contributed by atoms with Crippen molar-refractivity contribution in [3.8, 4) is 0 Å². The molecule has 1 aliphatic rings. The maximum Gasteiger partial charge on any atom is 0.108 e. The molecule has 4 heteroatoms. The average molecular weight is 443 g/mol. The van der Waals surface area contributed by atoms with E-state index in [1.165, 1.54) is 5.56 Å². The Morgan fingerprint density at radius 3 is 1.88 bits per heavy atom. The quantitative estimate of drug-likeness (QED) is 0.501. The van der Waals surface area contributed by atoms with Crippen LogP contribution in [0.3, 0.4) is 0 Å². The number of β-amino-alcohol motifs (C(OH)–C–C–N with tert-alkyl or cyclic N) is 1. The van der Waals surface area contributed by atoms with E-state index in [9.17, 15) is 5.11 Å². The van der Waals surface area contributed by atoms with E-state index in [1.54, 1.807) is 0 Å². The number of ether oxygens (including phenoxy) is 1. The van der Waals surface area contributed by atoms with Crippen LogP contribution in [0.4, 0.5) is 0 Å². The van der Waals surface area contributed by atoms with Crippen LogP contribution in [0, 0.1) is 0 Å². The maximum atomic E-state index is 10.7. The van der Waals surface area contributed by atoms with Crippen molar-refractivity contribution in [1.82, 2.24) is 9.80 Å². The molecule has 1 fully saturated rings. The topological polar surface area (TPSA) is 35.9 Å². The Hall–Kier alpha value is -2.92. The molecule has 1 unspecified atom stereocenters. The lowest BCUT2D eigenvalue weighted by molar-refractivity contribution is -0.0127. The van der Waals surface area contributed by atoms with Crippen LogP contribution in [0.25, 0.3) is 0 Å². The molecule has 1 aliphatic heterocycles. The second-order valence-electron chi connectivity index (χ2n) is 8.60. The largest absolute Gasteiger partial charge is 0.389 e. The third-order valence-corrected chi connectivity index (χ3v) is 6.05. The number of rotatable bonds is 10. The molecule has 0 radical (unpaired) electrons. The highest BCUT2D eigenvalue weighted by Gasteiger charge is 2.20. The van der Waals surface area contributed by atoms with Crippen molar-refractivity contribution < 1.29 is 9.84 Å². The summed E-state index contributed by atoms with van der Waals surface area (Å²) in [6.07, 6.45) is 4.73. The number of aliphatic hydroxyl groups is 1. The number of aliphatic hydroxyl groups excluding tert-OH is 1.